The molecule has 1 aliphatic heterocycles. The van der Waals surface area contributed by atoms with Crippen LogP contribution in [0.3, 0.4) is 0 Å². The molecule has 0 saturated carbocycles. The number of carbonyl (C=O) groups excluding carboxylic acids is 1. The predicted octanol–water partition coefficient (Wildman–Crippen LogP) is 2.65. The van der Waals surface area contributed by atoms with Gasteiger partial charge in [0.15, 0.2) is 5.11 Å². The van der Waals surface area contributed by atoms with Crippen molar-refractivity contribution in [3.63, 3.8) is 0 Å². The van der Waals surface area contributed by atoms with E-state index in [1.807, 2.05) is 60.7 Å². The Bertz CT molecular complexity index is 804. The molecule has 3 rings (SSSR count). The maximum atomic E-state index is 13.0. The zero-order valence-electron chi connectivity index (χ0n) is 12.8. The minimum absolute atomic E-state index is 0.150. The molecular formula is C18H16N2O2S2. The molecule has 0 aliphatic carbocycles. The molecule has 1 atom stereocenters. The second kappa shape index (κ2) is 7.51. The van der Waals surface area contributed by atoms with Crippen LogP contribution >= 0.6 is 12.2 Å². The largest absolute Gasteiger partial charge is 0.315 e. The van der Waals surface area contributed by atoms with Crippen molar-refractivity contribution < 1.29 is 9.00 Å². The Labute approximate surface area is 148 Å². The summed E-state index contributed by atoms with van der Waals surface area (Å²) in [7, 11) is -1.26. The number of hydrogen-bond donors (Lipinski definition) is 1. The number of benzene rings is 2. The minimum atomic E-state index is -1.26. The number of nitrogens with zero attached hydrogens (tertiary/aromatic N) is 1. The van der Waals surface area contributed by atoms with E-state index in [1.165, 1.54) is 0 Å². The molecule has 1 fully saturated rings. The molecule has 0 spiro atoms. The topological polar surface area (TPSA) is 49.4 Å². The van der Waals surface area contributed by atoms with Crippen molar-refractivity contribution in [3.8, 4) is 0 Å². The highest BCUT2D eigenvalue weighted by Gasteiger charge is 2.23. The maximum Gasteiger partial charge on any atom is 0.246 e. The first-order chi connectivity index (χ1) is 11.6. The number of rotatable bonds is 5. The Hall–Kier alpha value is -2.31. The summed E-state index contributed by atoms with van der Waals surface area (Å²) in [4.78, 5) is 13.8. The molecule has 1 N–H and O–H groups in total. The summed E-state index contributed by atoms with van der Waals surface area (Å²) < 4.78 is 13.0. The van der Waals surface area contributed by atoms with Gasteiger partial charge in [-0.2, -0.15) is 0 Å². The SMILES string of the molecule is O=C1CN(/C=C(\c2ccccc2)[S@](=O)Cc2ccccc2)C(=S)N1. The number of nitrogens with one attached hydrogen (secondary N) is 1. The first kappa shape index (κ1) is 16.5. The molecule has 24 heavy (non-hydrogen) atoms. The van der Waals surface area contributed by atoms with Crippen molar-refractivity contribution in [2.24, 2.45) is 0 Å². The van der Waals surface area contributed by atoms with Gasteiger partial charge in [-0.15, -0.1) is 0 Å². The summed E-state index contributed by atoms with van der Waals surface area (Å²) in [5, 5.41) is 2.93. The summed E-state index contributed by atoms with van der Waals surface area (Å²) in [6.45, 7) is 0.150. The van der Waals surface area contributed by atoms with Crippen molar-refractivity contribution in [3.05, 3.63) is 78.0 Å². The third-order valence-corrected chi connectivity index (χ3v) is 5.30. The van der Waals surface area contributed by atoms with Crippen LogP contribution < -0.4 is 5.32 Å². The highest BCUT2D eigenvalue weighted by molar-refractivity contribution is 7.93. The molecule has 1 saturated heterocycles. The average Bonchev–Trinajstić information content (AvgIpc) is 2.91. The van der Waals surface area contributed by atoms with Gasteiger partial charge in [0, 0.05) is 6.20 Å². The fraction of sp³-hybridized carbons (Fsp3) is 0.111. The Balaban J connectivity index is 1.92. The number of amides is 1. The molecule has 0 unspecified atom stereocenters. The maximum absolute atomic E-state index is 13.0. The molecule has 122 valence electrons. The van der Waals surface area contributed by atoms with Crippen LogP contribution in [0.15, 0.2) is 66.9 Å². The molecular weight excluding hydrogens is 340 g/mol. The van der Waals surface area contributed by atoms with Gasteiger partial charge in [0.2, 0.25) is 5.91 Å². The molecule has 4 nitrogen and oxygen atoms in total. The molecule has 0 aromatic heterocycles. The molecule has 1 amide bonds. The lowest BCUT2D eigenvalue weighted by atomic mass is 10.2. The Kier molecular flexibility index (Phi) is 5.17. The highest BCUT2D eigenvalue weighted by atomic mass is 32.2. The Morgan fingerprint density at radius 1 is 1.12 bits per heavy atom. The highest BCUT2D eigenvalue weighted by Crippen LogP contribution is 2.22. The lowest BCUT2D eigenvalue weighted by Gasteiger charge is -2.14. The molecule has 0 bridgehead atoms. The minimum Gasteiger partial charge on any atom is -0.315 e. The quantitative estimate of drug-likeness (QED) is 0.837. The second-order valence-corrected chi connectivity index (χ2v) is 7.12. The van der Waals surface area contributed by atoms with Crippen molar-refractivity contribution in [2.75, 3.05) is 6.54 Å². The summed E-state index contributed by atoms with van der Waals surface area (Å²) in [5.41, 5.74) is 1.85. The van der Waals surface area contributed by atoms with Crippen LogP contribution in [0, 0.1) is 0 Å². The standard InChI is InChI=1S/C18H16N2O2S2/c21-17-12-20(18(23)19-17)11-16(15-9-5-2-6-10-15)24(22)13-14-7-3-1-4-8-14/h1-11H,12-13H2,(H,19,21,23)/b16-11+/t24-/m1/s1. The Morgan fingerprint density at radius 3 is 2.33 bits per heavy atom. The van der Waals surface area contributed by atoms with Gasteiger partial charge in [-0.1, -0.05) is 60.7 Å². The fourth-order valence-corrected chi connectivity index (χ4v) is 3.90. The number of hydrogen-bond acceptors (Lipinski definition) is 3. The molecule has 2 aromatic carbocycles. The van der Waals surface area contributed by atoms with E-state index in [2.05, 4.69) is 5.32 Å². The van der Waals surface area contributed by atoms with Crippen LogP contribution in [0.5, 0.6) is 0 Å². The third-order valence-electron chi connectivity index (χ3n) is 3.54. The zero-order chi connectivity index (χ0) is 16.9. The molecule has 6 heteroatoms. The molecule has 1 aliphatic rings. The van der Waals surface area contributed by atoms with Crippen molar-refractivity contribution in [2.45, 2.75) is 5.75 Å². The second-order valence-electron chi connectivity index (χ2n) is 5.32. The summed E-state index contributed by atoms with van der Waals surface area (Å²) in [5.74, 6) is 0.251. The van der Waals surface area contributed by atoms with Crippen LogP contribution in [0.1, 0.15) is 11.1 Å². The van der Waals surface area contributed by atoms with E-state index >= 15 is 0 Å². The molecule has 2 aromatic rings. The van der Waals surface area contributed by atoms with Gasteiger partial charge in [0.1, 0.15) is 6.54 Å². The van der Waals surface area contributed by atoms with Crippen LogP contribution in [-0.4, -0.2) is 26.7 Å². The average molecular weight is 356 g/mol. The summed E-state index contributed by atoms with van der Waals surface area (Å²) >= 11 is 5.15. The number of thiocarbonyl (C=S) groups is 1. The van der Waals surface area contributed by atoms with Crippen molar-refractivity contribution >= 4 is 38.9 Å². The van der Waals surface area contributed by atoms with Crippen LogP contribution in [0.25, 0.3) is 4.91 Å². The molecule has 0 radical (unpaired) electrons. The summed E-state index contributed by atoms with van der Waals surface area (Å²) in [6, 6.07) is 19.2. The van der Waals surface area contributed by atoms with E-state index in [-0.39, 0.29) is 12.5 Å². The monoisotopic (exact) mass is 356 g/mol. The van der Waals surface area contributed by atoms with Crippen LogP contribution in [-0.2, 0) is 21.3 Å². The zero-order valence-corrected chi connectivity index (χ0v) is 14.5. The van der Waals surface area contributed by atoms with Gasteiger partial charge in [0.05, 0.1) is 21.5 Å². The van der Waals surface area contributed by atoms with E-state index in [1.54, 1.807) is 11.1 Å². The third kappa shape index (κ3) is 3.96. The van der Waals surface area contributed by atoms with Crippen LogP contribution in [0.2, 0.25) is 0 Å². The normalized spacial score (nSPS) is 16.2. The van der Waals surface area contributed by atoms with Gasteiger partial charge >= 0.3 is 0 Å². The van der Waals surface area contributed by atoms with Gasteiger partial charge in [-0.05, 0) is 23.3 Å². The van der Waals surface area contributed by atoms with Gasteiger partial charge in [-0.25, -0.2) is 0 Å². The van der Waals surface area contributed by atoms with Crippen LogP contribution in [0.4, 0.5) is 0 Å². The lowest BCUT2D eigenvalue weighted by Crippen LogP contribution is -2.24. The molecule has 1 heterocycles. The van der Waals surface area contributed by atoms with E-state index in [9.17, 15) is 9.00 Å². The predicted molar refractivity (Wildman–Crippen MR) is 100 cm³/mol. The van der Waals surface area contributed by atoms with E-state index in [4.69, 9.17) is 12.2 Å². The van der Waals surface area contributed by atoms with E-state index in [0.717, 1.165) is 11.1 Å². The van der Waals surface area contributed by atoms with Gasteiger partial charge in [-0.3, -0.25) is 9.00 Å². The first-order valence-corrected chi connectivity index (χ1v) is 9.16. The first-order valence-electron chi connectivity index (χ1n) is 7.43. The summed E-state index contributed by atoms with van der Waals surface area (Å²) in [6.07, 6.45) is 1.72. The van der Waals surface area contributed by atoms with Crippen molar-refractivity contribution in [1.29, 1.82) is 0 Å². The lowest BCUT2D eigenvalue weighted by molar-refractivity contribution is -0.118. The van der Waals surface area contributed by atoms with E-state index < -0.39 is 10.8 Å². The van der Waals surface area contributed by atoms with Gasteiger partial charge in [0.25, 0.3) is 0 Å². The van der Waals surface area contributed by atoms with Crippen molar-refractivity contribution in [1.82, 2.24) is 10.2 Å². The van der Waals surface area contributed by atoms with Gasteiger partial charge < -0.3 is 10.2 Å². The smallest absolute Gasteiger partial charge is 0.246 e. The Morgan fingerprint density at radius 2 is 1.75 bits per heavy atom. The van der Waals surface area contributed by atoms with E-state index in [0.29, 0.717) is 15.8 Å². The fourth-order valence-electron chi connectivity index (χ4n) is 2.37. The number of carbonyl (C=O) groups is 1.